The number of nitrogens with one attached hydrogen (secondary N) is 1. The predicted molar refractivity (Wildman–Crippen MR) is 124 cm³/mol. The van der Waals surface area contributed by atoms with Crippen molar-refractivity contribution in [3.8, 4) is 0 Å². The Morgan fingerprint density at radius 1 is 1.03 bits per heavy atom. The molecular formula is C24H18BrN3O4. The van der Waals surface area contributed by atoms with Crippen LogP contribution in [0, 0.1) is 0 Å². The maximum Gasteiger partial charge on any atom is 0.300 e. The van der Waals surface area contributed by atoms with Gasteiger partial charge in [0, 0.05) is 34.5 Å². The maximum atomic E-state index is 13.1. The lowest BCUT2D eigenvalue weighted by atomic mass is 9.98. The van der Waals surface area contributed by atoms with Gasteiger partial charge in [-0.2, -0.15) is 0 Å². The molecule has 1 saturated heterocycles. The number of amides is 2. The fourth-order valence-electron chi connectivity index (χ4n) is 3.59. The average molecular weight is 492 g/mol. The van der Waals surface area contributed by atoms with Crippen LogP contribution >= 0.6 is 15.9 Å². The van der Waals surface area contributed by atoms with E-state index in [0.29, 0.717) is 22.6 Å². The minimum atomic E-state index is -0.911. The lowest BCUT2D eigenvalue weighted by Crippen LogP contribution is -2.29. The molecule has 1 atom stereocenters. The van der Waals surface area contributed by atoms with E-state index in [-0.39, 0.29) is 17.2 Å². The quantitative estimate of drug-likeness (QED) is 0.319. The number of aliphatic hydroxyl groups is 1. The number of aliphatic hydroxyl groups excluding tert-OH is 1. The zero-order valence-electron chi connectivity index (χ0n) is 16.9. The van der Waals surface area contributed by atoms with Crippen LogP contribution in [-0.4, -0.2) is 27.7 Å². The Hall–Kier alpha value is -3.78. The van der Waals surface area contributed by atoms with Crippen LogP contribution in [0.1, 0.15) is 24.2 Å². The summed E-state index contributed by atoms with van der Waals surface area (Å²) in [5, 5.41) is 13.7. The third-order valence-corrected chi connectivity index (χ3v) is 5.52. The molecule has 4 rings (SSSR count). The van der Waals surface area contributed by atoms with E-state index in [1.807, 2.05) is 0 Å². The summed E-state index contributed by atoms with van der Waals surface area (Å²) in [6.07, 6.45) is 1.56. The zero-order valence-corrected chi connectivity index (χ0v) is 18.5. The van der Waals surface area contributed by atoms with E-state index < -0.39 is 17.7 Å². The molecule has 7 nitrogen and oxygen atoms in total. The average Bonchev–Trinajstić information content (AvgIpc) is 3.05. The first-order valence-corrected chi connectivity index (χ1v) is 10.5. The van der Waals surface area contributed by atoms with Crippen molar-refractivity contribution in [1.29, 1.82) is 0 Å². The number of hydrogen-bond donors (Lipinski definition) is 2. The minimum Gasteiger partial charge on any atom is -0.507 e. The summed E-state index contributed by atoms with van der Waals surface area (Å²) in [4.78, 5) is 43.1. The third kappa shape index (κ3) is 4.04. The zero-order chi connectivity index (χ0) is 22.8. The molecule has 0 radical (unpaired) electrons. The molecule has 3 aromatic rings. The lowest BCUT2D eigenvalue weighted by molar-refractivity contribution is -0.132. The molecule has 1 unspecified atom stereocenters. The highest BCUT2D eigenvalue weighted by Gasteiger charge is 2.47. The number of Topliss-reactive ketones (excluding diaryl/α,β-unsaturated/α-hetero) is 1. The van der Waals surface area contributed by atoms with Crippen LogP contribution in [0.5, 0.6) is 0 Å². The standard InChI is InChI=1S/C24H18BrN3O4/c1-14(29)27-17-9-11-18(12-10-17)28-21(19-4-2-3-13-26-19)20(23(31)24(28)32)22(30)15-5-7-16(25)8-6-15/h2-13,21,30H,1H3,(H,27,29)/b22-20-. The summed E-state index contributed by atoms with van der Waals surface area (Å²) in [5.41, 5.74) is 1.81. The fraction of sp³-hybridized carbons (Fsp3) is 0.0833. The number of carbonyl (C=O) groups is 3. The number of rotatable bonds is 4. The molecule has 1 fully saturated rings. The molecule has 0 spiro atoms. The van der Waals surface area contributed by atoms with Crippen LogP contribution in [0.15, 0.2) is 83.0 Å². The number of halogens is 1. The molecule has 0 aliphatic carbocycles. The van der Waals surface area contributed by atoms with E-state index in [0.717, 1.165) is 4.47 Å². The van der Waals surface area contributed by atoms with E-state index in [4.69, 9.17) is 0 Å². The number of aromatic nitrogens is 1. The van der Waals surface area contributed by atoms with Gasteiger partial charge in [-0.15, -0.1) is 0 Å². The Labute approximate surface area is 192 Å². The van der Waals surface area contributed by atoms with Gasteiger partial charge in [-0.3, -0.25) is 24.3 Å². The highest BCUT2D eigenvalue weighted by atomic mass is 79.9. The molecule has 32 heavy (non-hydrogen) atoms. The molecule has 2 aromatic carbocycles. The Balaban J connectivity index is 1.85. The number of anilines is 2. The fourth-order valence-corrected chi connectivity index (χ4v) is 3.85. The Bertz CT molecular complexity index is 1220. The van der Waals surface area contributed by atoms with Gasteiger partial charge in [0.25, 0.3) is 11.7 Å². The Kier molecular flexibility index (Phi) is 5.87. The normalized spacial score (nSPS) is 17.4. The van der Waals surface area contributed by atoms with E-state index in [1.54, 1.807) is 72.9 Å². The molecule has 1 aliphatic rings. The molecule has 0 bridgehead atoms. The van der Waals surface area contributed by atoms with Crippen LogP contribution in [-0.2, 0) is 14.4 Å². The second-order valence-electron chi connectivity index (χ2n) is 7.16. The van der Waals surface area contributed by atoms with E-state index in [2.05, 4.69) is 26.2 Å². The van der Waals surface area contributed by atoms with Gasteiger partial charge in [0.1, 0.15) is 11.8 Å². The first kappa shape index (κ1) is 21.5. The first-order valence-electron chi connectivity index (χ1n) is 9.72. The summed E-state index contributed by atoms with van der Waals surface area (Å²) in [7, 11) is 0. The number of carbonyl (C=O) groups excluding carboxylic acids is 3. The van der Waals surface area contributed by atoms with Gasteiger partial charge in [-0.1, -0.05) is 34.1 Å². The summed E-state index contributed by atoms with van der Waals surface area (Å²) in [6, 6.07) is 17.6. The number of benzene rings is 2. The van der Waals surface area contributed by atoms with Crippen molar-refractivity contribution in [3.63, 3.8) is 0 Å². The molecule has 1 aliphatic heterocycles. The number of hydrogen-bond acceptors (Lipinski definition) is 5. The molecule has 2 heterocycles. The summed E-state index contributed by atoms with van der Waals surface area (Å²) < 4.78 is 0.815. The summed E-state index contributed by atoms with van der Waals surface area (Å²) in [6.45, 7) is 1.40. The van der Waals surface area contributed by atoms with E-state index in [9.17, 15) is 19.5 Å². The van der Waals surface area contributed by atoms with E-state index >= 15 is 0 Å². The largest absolute Gasteiger partial charge is 0.507 e. The van der Waals surface area contributed by atoms with Gasteiger partial charge >= 0.3 is 0 Å². The van der Waals surface area contributed by atoms with Crippen LogP contribution in [0.2, 0.25) is 0 Å². The third-order valence-electron chi connectivity index (χ3n) is 5.00. The maximum absolute atomic E-state index is 13.1. The van der Waals surface area contributed by atoms with Gasteiger partial charge < -0.3 is 10.4 Å². The molecule has 1 aromatic heterocycles. The second-order valence-corrected chi connectivity index (χ2v) is 8.07. The first-order chi connectivity index (χ1) is 15.4. The number of ketones is 1. The highest BCUT2D eigenvalue weighted by molar-refractivity contribution is 9.10. The topological polar surface area (TPSA) is 99.6 Å². The van der Waals surface area contributed by atoms with Gasteiger partial charge in [-0.05, 0) is 48.5 Å². The molecule has 2 N–H and O–H groups in total. The van der Waals surface area contributed by atoms with Gasteiger partial charge in [0.15, 0.2) is 0 Å². The van der Waals surface area contributed by atoms with Crippen molar-refractivity contribution in [2.75, 3.05) is 10.2 Å². The van der Waals surface area contributed by atoms with Crippen LogP contribution in [0.25, 0.3) is 5.76 Å². The van der Waals surface area contributed by atoms with Crippen molar-refractivity contribution in [2.24, 2.45) is 0 Å². The SMILES string of the molecule is CC(=O)Nc1ccc(N2C(=O)C(=O)/C(=C(\O)c3ccc(Br)cc3)C2c2ccccn2)cc1. The molecular weight excluding hydrogens is 474 g/mol. The van der Waals surface area contributed by atoms with Crippen LogP contribution in [0.3, 0.4) is 0 Å². The summed E-state index contributed by atoms with van der Waals surface area (Å²) >= 11 is 3.35. The van der Waals surface area contributed by atoms with Gasteiger partial charge in [0.2, 0.25) is 5.91 Å². The van der Waals surface area contributed by atoms with Crippen molar-refractivity contribution >= 4 is 50.7 Å². The van der Waals surface area contributed by atoms with Gasteiger partial charge in [-0.25, -0.2) is 0 Å². The Morgan fingerprint density at radius 3 is 2.31 bits per heavy atom. The smallest absolute Gasteiger partial charge is 0.300 e. The Morgan fingerprint density at radius 2 is 1.72 bits per heavy atom. The van der Waals surface area contributed by atoms with Crippen molar-refractivity contribution < 1.29 is 19.5 Å². The molecule has 8 heteroatoms. The monoisotopic (exact) mass is 491 g/mol. The highest BCUT2D eigenvalue weighted by Crippen LogP contribution is 2.41. The van der Waals surface area contributed by atoms with Crippen molar-refractivity contribution in [3.05, 3.63) is 94.2 Å². The number of pyridine rings is 1. The van der Waals surface area contributed by atoms with E-state index in [1.165, 1.54) is 11.8 Å². The van der Waals surface area contributed by atoms with Crippen LogP contribution < -0.4 is 10.2 Å². The molecule has 160 valence electrons. The summed E-state index contributed by atoms with van der Waals surface area (Å²) in [5.74, 6) is -2.07. The number of nitrogens with zero attached hydrogens (tertiary/aromatic N) is 2. The second kappa shape index (κ2) is 8.76. The van der Waals surface area contributed by atoms with Crippen LogP contribution in [0.4, 0.5) is 11.4 Å². The van der Waals surface area contributed by atoms with Gasteiger partial charge in [0.05, 0.1) is 11.3 Å². The lowest BCUT2D eigenvalue weighted by Gasteiger charge is -2.24. The predicted octanol–water partition coefficient (Wildman–Crippen LogP) is 4.43. The minimum absolute atomic E-state index is 0.0399. The molecule has 0 saturated carbocycles. The van der Waals surface area contributed by atoms with Crippen molar-refractivity contribution in [1.82, 2.24) is 4.98 Å². The van der Waals surface area contributed by atoms with Crippen molar-refractivity contribution in [2.45, 2.75) is 13.0 Å². The molecule has 2 amide bonds.